The van der Waals surface area contributed by atoms with Crippen LogP contribution in [-0.2, 0) is 4.79 Å². The maximum atomic E-state index is 10.6. The van der Waals surface area contributed by atoms with E-state index >= 15 is 0 Å². The lowest BCUT2D eigenvalue weighted by atomic mass is 10.1. The second-order valence-electron chi connectivity index (χ2n) is 3.82. The average Bonchev–Trinajstić information content (AvgIpc) is 2.13. The summed E-state index contributed by atoms with van der Waals surface area (Å²) in [5.74, 6) is -2.76. The zero-order valence-electron chi connectivity index (χ0n) is 9.51. The highest BCUT2D eigenvalue weighted by atomic mass is 19.4. The van der Waals surface area contributed by atoms with Crippen LogP contribution in [0.4, 0.5) is 13.2 Å². The normalized spacial score (nSPS) is 26.9. The molecular formula is C9H17F3N2O2. The molecule has 0 aliphatic carbocycles. The summed E-state index contributed by atoms with van der Waals surface area (Å²) >= 11 is 0. The molecule has 0 bridgehead atoms. The van der Waals surface area contributed by atoms with E-state index in [9.17, 15) is 13.2 Å². The fraction of sp³-hybridized carbons (Fsp3) is 0.889. The Morgan fingerprint density at radius 3 is 1.81 bits per heavy atom. The van der Waals surface area contributed by atoms with Crippen LogP contribution in [0.25, 0.3) is 0 Å². The van der Waals surface area contributed by atoms with Gasteiger partial charge < -0.3 is 10.4 Å². The molecule has 1 heterocycles. The van der Waals surface area contributed by atoms with Crippen molar-refractivity contribution in [1.29, 1.82) is 0 Å². The summed E-state index contributed by atoms with van der Waals surface area (Å²) in [5, 5.41) is 10.5. The smallest absolute Gasteiger partial charge is 0.475 e. The third kappa shape index (κ3) is 5.32. The number of rotatable bonds is 0. The van der Waals surface area contributed by atoms with Crippen molar-refractivity contribution in [1.82, 2.24) is 10.2 Å². The van der Waals surface area contributed by atoms with Gasteiger partial charge in [0.2, 0.25) is 0 Å². The first-order valence-corrected chi connectivity index (χ1v) is 4.89. The molecular weight excluding hydrogens is 225 g/mol. The fourth-order valence-corrected chi connectivity index (χ4v) is 1.22. The van der Waals surface area contributed by atoms with Crippen LogP contribution in [0.15, 0.2) is 0 Å². The van der Waals surface area contributed by atoms with Gasteiger partial charge in [0, 0.05) is 25.2 Å². The fourth-order valence-electron chi connectivity index (χ4n) is 1.22. The van der Waals surface area contributed by atoms with E-state index in [1.165, 1.54) is 0 Å². The number of nitrogens with one attached hydrogen (secondary N) is 1. The average molecular weight is 242 g/mol. The number of hydrogen-bond donors (Lipinski definition) is 2. The van der Waals surface area contributed by atoms with Crippen molar-refractivity contribution in [2.45, 2.75) is 32.1 Å². The zero-order chi connectivity index (χ0) is 12.9. The van der Waals surface area contributed by atoms with Gasteiger partial charge in [-0.3, -0.25) is 4.90 Å². The summed E-state index contributed by atoms with van der Waals surface area (Å²) in [4.78, 5) is 11.3. The first-order valence-electron chi connectivity index (χ1n) is 4.89. The maximum Gasteiger partial charge on any atom is 0.490 e. The van der Waals surface area contributed by atoms with Gasteiger partial charge in [-0.05, 0) is 20.9 Å². The third-order valence-corrected chi connectivity index (χ3v) is 2.51. The van der Waals surface area contributed by atoms with Crippen molar-refractivity contribution in [3.63, 3.8) is 0 Å². The Balaban J connectivity index is 0.000000293. The highest BCUT2D eigenvalue weighted by Crippen LogP contribution is 2.13. The first kappa shape index (κ1) is 15.2. The van der Waals surface area contributed by atoms with Gasteiger partial charge in [0.25, 0.3) is 0 Å². The molecule has 1 fully saturated rings. The van der Waals surface area contributed by atoms with E-state index in [1.807, 2.05) is 0 Å². The Hall–Kier alpha value is -0.820. The molecule has 96 valence electrons. The van der Waals surface area contributed by atoms with Gasteiger partial charge >= 0.3 is 12.1 Å². The summed E-state index contributed by atoms with van der Waals surface area (Å²) in [6.45, 7) is 6.78. The van der Waals surface area contributed by atoms with Crippen molar-refractivity contribution in [3.8, 4) is 0 Å². The molecule has 1 aliphatic heterocycles. The predicted molar refractivity (Wildman–Crippen MR) is 53.2 cm³/mol. The van der Waals surface area contributed by atoms with Crippen LogP contribution < -0.4 is 5.32 Å². The lowest BCUT2D eigenvalue weighted by molar-refractivity contribution is -0.192. The van der Waals surface area contributed by atoms with Gasteiger partial charge in [0.15, 0.2) is 0 Å². The molecule has 2 N–H and O–H groups in total. The Morgan fingerprint density at radius 2 is 1.62 bits per heavy atom. The van der Waals surface area contributed by atoms with Gasteiger partial charge in [-0.25, -0.2) is 4.79 Å². The van der Waals surface area contributed by atoms with E-state index in [0.29, 0.717) is 12.1 Å². The second kappa shape index (κ2) is 6.05. The van der Waals surface area contributed by atoms with Gasteiger partial charge in [0.1, 0.15) is 0 Å². The molecule has 1 rings (SSSR count). The number of likely N-dealkylation sites (N-methyl/N-ethyl adjacent to an activating group) is 1. The van der Waals surface area contributed by atoms with Crippen LogP contribution in [0.2, 0.25) is 0 Å². The number of halogens is 3. The van der Waals surface area contributed by atoms with Gasteiger partial charge in [-0.15, -0.1) is 0 Å². The standard InChI is InChI=1S/C7H16N2.C2HF3O2/c1-6-4-8-5-7(2)9(6)3;3-2(4,5)1(6)7/h6-8H,4-5H2,1-3H3;(H,6,7)/t6-,7+;. The van der Waals surface area contributed by atoms with Crippen LogP contribution in [0, 0.1) is 0 Å². The molecule has 7 heteroatoms. The molecule has 0 aromatic heterocycles. The maximum absolute atomic E-state index is 10.6. The third-order valence-electron chi connectivity index (χ3n) is 2.51. The number of aliphatic carboxylic acids is 1. The molecule has 0 spiro atoms. The number of hydrogen-bond acceptors (Lipinski definition) is 3. The highest BCUT2D eigenvalue weighted by Gasteiger charge is 2.38. The number of alkyl halides is 3. The number of nitrogens with zero attached hydrogens (tertiary/aromatic N) is 1. The van der Waals surface area contributed by atoms with Crippen molar-refractivity contribution in [2.75, 3.05) is 20.1 Å². The number of carboxylic acid groups (broad SMARTS) is 1. The van der Waals surface area contributed by atoms with E-state index in [4.69, 9.17) is 9.90 Å². The van der Waals surface area contributed by atoms with E-state index in [0.717, 1.165) is 13.1 Å². The Morgan fingerprint density at radius 1 is 1.31 bits per heavy atom. The molecule has 1 saturated heterocycles. The number of piperazine rings is 1. The highest BCUT2D eigenvalue weighted by molar-refractivity contribution is 5.73. The van der Waals surface area contributed by atoms with Crippen LogP contribution in [0.3, 0.4) is 0 Å². The monoisotopic (exact) mass is 242 g/mol. The SMILES string of the molecule is C[C@@H]1CNC[C@H](C)N1C.O=C(O)C(F)(F)F. The van der Waals surface area contributed by atoms with Crippen LogP contribution in [0.5, 0.6) is 0 Å². The van der Waals surface area contributed by atoms with Crippen LogP contribution in [0.1, 0.15) is 13.8 Å². The molecule has 1 aliphatic rings. The van der Waals surface area contributed by atoms with Crippen LogP contribution >= 0.6 is 0 Å². The molecule has 2 atom stereocenters. The van der Waals surface area contributed by atoms with Gasteiger partial charge in [-0.2, -0.15) is 13.2 Å². The van der Waals surface area contributed by atoms with Crippen molar-refractivity contribution in [3.05, 3.63) is 0 Å². The number of carboxylic acids is 1. The van der Waals surface area contributed by atoms with E-state index in [2.05, 4.69) is 31.1 Å². The topological polar surface area (TPSA) is 52.6 Å². The predicted octanol–water partition coefficient (Wildman–Crippen LogP) is 0.932. The number of carbonyl (C=O) groups is 1. The largest absolute Gasteiger partial charge is 0.490 e. The molecule has 0 aromatic carbocycles. The summed E-state index contributed by atoms with van der Waals surface area (Å²) in [7, 11) is 2.19. The van der Waals surface area contributed by atoms with Gasteiger partial charge in [0.05, 0.1) is 0 Å². The minimum atomic E-state index is -5.08. The Labute approximate surface area is 92.4 Å². The minimum absolute atomic E-state index is 0.703. The first-order chi connectivity index (χ1) is 7.16. The molecule has 0 saturated carbocycles. The minimum Gasteiger partial charge on any atom is -0.475 e. The molecule has 4 nitrogen and oxygen atoms in total. The van der Waals surface area contributed by atoms with Crippen molar-refractivity contribution < 1.29 is 23.1 Å². The second-order valence-corrected chi connectivity index (χ2v) is 3.82. The summed E-state index contributed by atoms with van der Waals surface area (Å²) in [6.07, 6.45) is -5.08. The summed E-state index contributed by atoms with van der Waals surface area (Å²) in [6, 6.07) is 1.41. The lowest BCUT2D eigenvalue weighted by Crippen LogP contribution is -2.52. The van der Waals surface area contributed by atoms with Crippen molar-refractivity contribution in [2.24, 2.45) is 0 Å². The van der Waals surface area contributed by atoms with E-state index in [1.54, 1.807) is 0 Å². The summed E-state index contributed by atoms with van der Waals surface area (Å²) < 4.78 is 31.7. The molecule has 0 radical (unpaired) electrons. The molecule has 0 amide bonds. The Kier molecular flexibility index (Phi) is 5.74. The molecule has 0 unspecified atom stereocenters. The lowest BCUT2D eigenvalue weighted by Gasteiger charge is -2.36. The molecule has 16 heavy (non-hydrogen) atoms. The molecule has 0 aromatic rings. The van der Waals surface area contributed by atoms with E-state index in [-0.39, 0.29) is 0 Å². The van der Waals surface area contributed by atoms with Crippen LogP contribution in [-0.4, -0.2) is 54.4 Å². The quantitative estimate of drug-likeness (QED) is 0.663. The Bertz CT molecular complexity index is 223. The van der Waals surface area contributed by atoms with E-state index < -0.39 is 12.1 Å². The van der Waals surface area contributed by atoms with Gasteiger partial charge in [-0.1, -0.05) is 0 Å². The van der Waals surface area contributed by atoms with Crippen molar-refractivity contribution >= 4 is 5.97 Å². The zero-order valence-corrected chi connectivity index (χ0v) is 9.51. The summed E-state index contributed by atoms with van der Waals surface area (Å²) in [5.41, 5.74) is 0.